The number of carbonyl (C=O) groups is 1. The van der Waals surface area contributed by atoms with Crippen LogP contribution in [0, 0.1) is 5.92 Å². The molecule has 0 radical (unpaired) electrons. The Balaban J connectivity index is 1.68. The van der Waals surface area contributed by atoms with Crippen molar-refractivity contribution >= 4 is 5.78 Å². The summed E-state index contributed by atoms with van der Waals surface area (Å²) < 4.78 is 21.1. The van der Waals surface area contributed by atoms with Gasteiger partial charge in [-0.1, -0.05) is 12.2 Å². The van der Waals surface area contributed by atoms with Crippen LogP contribution in [-0.2, 0) is 9.47 Å². The van der Waals surface area contributed by atoms with Gasteiger partial charge in [-0.05, 0) is 30.4 Å². The van der Waals surface area contributed by atoms with E-state index in [4.69, 9.17) is 18.9 Å². The number of rotatable bonds is 5. The number of hydrogen-bond acceptors (Lipinski definition) is 5. The lowest BCUT2D eigenvalue weighted by atomic mass is 9.97. The van der Waals surface area contributed by atoms with Gasteiger partial charge in [0.15, 0.2) is 23.0 Å². The number of hydrogen-bond donors (Lipinski definition) is 0. The van der Waals surface area contributed by atoms with Gasteiger partial charge in [0.25, 0.3) is 0 Å². The van der Waals surface area contributed by atoms with Gasteiger partial charge in [-0.2, -0.15) is 0 Å². The van der Waals surface area contributed by atoms with Crippen LogP contribution < -0.4 is 9.47 Å². The first-order chi connectivity index (χ1) is 11.2. The van der Waals surface area contributed by atoms with Crippen LogP contribution in [0.1, 0.15) is 16.8 Å². The van der Waals surface area contributed by atoms with Gasteiger partial charge in [0.05, 0.1) is 14.2 Å². The molecule has 1 aliphatic carbocycles. The lowest BCUT2D eigenvalue weighted by molar-refractivity contribution is 0.104. The van der Waals surface area contributed by atoms with Crippen molar-refractivity contribution in [1.82, 2.24) is 0 Å². The van der Waals surface area contributed by atoms with Gasteiger partial charge >= 0.3 is 0 Å². The minimum atomic E-state index is -0.0721. The molecule has 1 aromatic carbocycles. The van der Waals surface area contributed by atoms with E-state index in [1.807, 2.05) is 18.2 Å². The van der Waals surface area contributed by atoms with Crippen LogP contribution in [0.3, 0.4) is 0 Å². The number of allylic oxidation sites excluding steroid dienone is 5. The van der Waals surface area contributed by atoms with Gasteiger partial charge in [0.2, 0.25) is 6.79 Å². The van der Waals surface area contributed by atoms with Gasteiger partial charge in [-0.25, -0.2) is 0 Å². The van der Waals surface area contributed by atoms with Crippen LogP contribution in [0.4, 0.5) is 0 Å². The molecule has 120 valence electrons. The molecule has 0 saturated carbocycles. The summed E-state index contributed by atoms with van der Waals surface area (Å²) in [5.74, 6) is 2.80. The smallest absolute Gasteiger partial charge is 0.231 e. The highest BCUT2D eigenvalue weighted by Gasteiger charge is 2.17. The highest BCUT2D eigenvalue weighted by molar-refractivity contribution is 6.05. The summed E-state index contributed by atoms with van der Waals surface area (Å²) in [6.07, 6.45) is 7.97. The van der Waals surface area contributed by atoms with Crippen molar-refractivity contribution in [1.29, 1.82) is 0 Å². The first kappa shape index (κ1) is 15.2. The zero-order valence-corrected chi connectivity index (χ0v) is 13.1. The minimum absolute atomic E-state index is 0.0721. The second kappa shape index (κ2) is 6.60. The highest BCUT2D eigenvalue weighted by Crippen LogP contribution is 2.32. The number of carbonyl (C=O) groups excluding carboxylic acids is 1. The SMILES string of the molecule is COC1=C(OC)CC(C=CC(=O)c2ccc3c(c2)OCO3)C=C1. The van der Waals surface area contributed by atoms with Crippen molar-refractivity contribution in [3.05, 3.63) is 59.6 Å². The van der Waals surface area contributed by atoms with Gasteiger partial charge < -0.3 is 18.9 Å². The Bertz CT molecular complexity index is 699. The van der Waals surface area contributed by atoms with E-state index < -0.39 is 0 Å². The van der Waals surface area contributed by atoms with Crippen LogP contribution in [-0.4, -0.2) is 26.8 Å². The molecule has 0 bridgehead atoms. The average molecular weight is 314 g/mol. The summed E-state index contributed by atoms with van der Waals surface area (Å²) >= 11 is 0. The van der Waals surface area contributed by atoms with Crippen LogP contribution in [0.25, 0.3) is 0 Å². The van der Waals surface area contributed by atoms with E-state index in [9.17, 15) is 4.79 Å². The first-order valence-corrected chi connectivity index (χ1v) is 7.32. The maximum absolute atomic E-state index is 12.3. The molecule has 1 aliphatic heterocycles. The summed E-state index contributed by atoms with van der Waals surface area (Å²) in [5, 5.41) is 0. The number of methoxy groups -OCH3 is 2. The van der Waals surface area contributed by atoms with Gasteiger partial charge in [0.1, 0.15) is 5.76 Å². The zero-order chi connectivity index (χ0) is 16.2. The van der Waals surface area contributed by atoms with Gasteiger partial charge in [-0.3, -0.25) is 4.79 Å². The Labute approximate surface area is 134 Å². The van der Waals surface area contributed by atoms with E-state index in [0.717, 1.165) is 11.5 Å². The van der Waals surface area contributed by atoms with Crippen LogP contribution in [0.15, 0.2) is 54.0 Å². The van der Waals surface area contributed by atoms with Crippen molar-refractivity contribution in [2.24, 2.45) is 5.92 Å². The number of fused-ring (bicyclic) bond motifs is 1. The van der Waals surface area contributed by atoms with Gasteiger partial charge in [0, 0.05) is 17.9 Å². The lowest BCUT2D eigenvalue weighted by Crippen LogP contribution is -2.07. The lowest BCUT2D eigenvalue weighted by Gasteiger charge is -2.18. The third-order valence-electron chi connectivity index (χ3n) is 3.81. The van der Waals surface area contributed by atoms with Crippen molar-refractivity contribution in [2.75, 3.05) is 21.0 Å². The predicted molar refractivity (Wildman–Crippen MR) is 84.3 cm³/mol. The van der Waals surface area contributed by atoms with Crippen LogP contribution >= 0.6 is 0 Å². The summed E-state index contributed by atoms with van der Waals surface area (Å²) in [6.45, 7) is 0.198. The molecule has 5 nitrogen and oxygen atoms in total. The quantitative estimate of drug-likeness (QED) is 0.617. The molecule has 3 rings (SSSR count). The van der Waals surface area contributed by atoms with Crippen molar-refractivity contribution in [3.63, 3.8) is 0 Å². The van der Waals surface area contributed by atoms with E-state index in [-0.39, 0.29) is 18.5 Å². The monoisotopic (exact) mass is 314 g/mol. The molecule has 23 heavy (non-hydrogen) atoms. The Morgan fingerprint density at radius 1 is 1.22 bits per heavy atom. The predicted octanol–water partition coefficient (Wildman–Crippen LogP) is 3.23. The molecule has 1 aromatic rings. The molecule has 5 heteroatoms. The molecule has 0 fully saturated rings. The molecule has 2 aliphatic rings. The third-order valence-corrected chi connectivity index (χ3v) is 3.81. The fraction of sp³-hybridized carbons (Fsp3) is 0.278. The largest absolute Gasteiger partial charge is 0.497 e. The van der Waals surface area contributed by atoms with E-state index >= 15 is 0 Å². The number of ketones is 1. The maximum atomic E-state index is 12.3. The highest BCUT2D eigenvalue weighted by atomic mass is 16.7. The van der Waals surface area contributed by atoms with Crippen LogP contribution in [0.2, 0.25) is 0 Å². The Morgan fingerprint density at radius 2 is 2.04 bits per heavy atom. The molecule has 1 heterocycles. The van der Waals surface area contributed by atoms with E-state index in [2.05, 4.69) is 0 Å². The molecule has 0 N–H and O–H groups in total. The van der Waals surface area contributed by atoms with Crippen molar-refractivity contribution in [2.45, 2.75) is 6.42 Å². The minimum Gasteiger partial charge on any atom is -0.497 e. The molecule has 1 atom stereocenters. The van der Waals surface area contributed by atoms with Crippen molar-refractivity contribution < 1.29 is 23.7 Å². The summed E-state index contributed by atoms with van der Waals surface area (Å²) in [6, 6.07) is 5.19. The molecular formula is C18H18O5. The van der Waals surface area contributed by atoms with E-state index in [0.29, 0.717) is 23.5 Å². The fourth-order valence-corrected chi connectivity index (χ4v) is 2.54. The number of benzene rings is 1. The van der Waals surface area contributed by atoms with Crippen molar-refractivity contribution in [3.8, 4) is 11.5 Å². The normalized spacial score (nSPS) is 19.3. The second-order valence-corrected chi connectivity index (χ2v) is 5.21. The average Bonchev–Trinajstić information content (AvgIpc) is 3.06. The Kier molecular flexibility index (Phi) is 4.37. The van der Waals surface area contributed by atoms with Gasteiger partial charge in [-0.15, -0.1) is 0 Å². The summed E-state index contributed by atoms with van der Waals surface area (Å²) in [5.41, 5.74) is 0.574. The van der Waals surface area contributed by atoms with E-state index in [1.165, 1.54) is 0 Å². The second-order valence-electron chi connectivity index (χ2n) is 5.21. The number of ether oxygens (including phenoxy) is 4. The summed E-state index contributed by atoms with van der Waals surface area (Å²) in [7, 11) is 3.23. The first-order valence-electron chi connectivity index (χ1n) is 7.32. The molecule has 0 spiro atoms. The molecule has 0 saturated heterocycles. The summed E-state index contributed by atoms with van der Waals surface area (Å²) in [4.78, 5) is 12.3. The standard InChI is InChI=1S/C18H18O5/c1-20-15-7-4-12(9-17(15)21-2)3-6-14(19)13-5-8-16-18(10-13)23-11-22-16/h3-8,10,12H,9,11H2,1-2H3. The molecular weight excluding hydrogens is 296 g/mol. The fourth-order valence-electron chi connectivity index (χ4n) is 2.54. The third kappa shape index (κ3) is 3.23. The Hall–Kier alpha value is -2.69. The molecule has 0 amide bonds. The zero-order valence-electron chi connectivity index (χ0n) is 13.1. The maximum Gasteiger partial charge on any atom is 0.231 e. The topological polar surface area (TPSA) is 54.0 Å². The van der Waals surface area contributed by atoms with Crippen LogP contribution in [0.5, 0.6) is 11.5 Å². The van der Waals surface area contributed by atoms with E-state index in [1.54, 1.807) is 38.5 Å². The Morgan fingerprint density at radius 3 is 2.83 bits per heavy atom. The molecule has 1 unspecified atom stereocenters. The molecule has 0 aromatic heterocycles.